The number of aliphatic imine (C=N–C) groups is 1. The van der Waals surface area contributed by atoms with E-state index in [2.05, 4.69) is 54.3 Å². The molecule has 1 heterocycles. The number of rotatable bonds is 6. The molecule has 0 fully saturated rings. The molecule has 2 aromatic rings. The normalized spacial score (nSPS) is 15.1. The lowest BCUT2D eigenvalue weighted by Crippen LogP contribution is -2.33. The molecule has 0 saturated carbocycles. The van der Waals surface area contributed by atoms with Crippen LogP contribution in [0.25, 0.3) is 0 Å². The molecule has 0 aliphatic carbocycles. The molecule has 1 aliphatic heterocycles. The van der Waals surface area contributed by atoms with Gasteiger partial charge in [-0.15, -0.1) is 0 Å². The number of methoxy groups -OCH3 is 2. The molecule has 0 bridgehead atoms. The van der Waals surface area contributed by atoms with Crippen molar-refractivity contribution in [1.82, 2.24) is 4.90 Å². The van der Waals surface area contributed by atoms with Crippen LogP contribution in [0.3, 0.4) is 0 Å². The Morgan fingerprint density at radius 3 is 2.50 bits per heavy atom. The van der Waals surface area contributed by atoms with Crippen LogP contribution in [0.2, 0.25) is 0 Å². The summed E-state index contributed by atoms with van der Waals surface area (Å²) in [6.07, 6.45) is 1.15. The number of thioether (sulfide) groups is 1. The Bertz CT molecular complexity index is 749. The van der Waals surface area contributed by atoms with Crippen LogP contribution in [0, 0.1) is 0 Å². The minimum Gasteiger partial charge on any atom is -0.493 e. The number of ether oxygens (including phenoxy) is 2. The van der Waals surface area contributed by atoms with Crippen LogP contribution in [-0.4, -0.2) is 36.6 Å². The van der Waals surface area contributed by atoms with E-state index in [4.69, 9.17) is 14.5 Å². The van der Waals surface area contributed by atoms with E-state index >= 15 is 0 Å². The van der Waals surface area contributed by atoms with Gasteiger partial charge in [-0.2, -0.15) is 0 Å². The van der Waals surface area contributed by atoms with E-state index in [0.717, 1.165) is 41.9 Å². The monoisotopic (exact) mass is 370 g/mol. The van der Waals surface area contributed by atoms with Crippen molar-refractivity contribution >= 4 is 16.9 Å². The number of benzene rings is 2. The molecular formula is C21H26N2O2S. The van der Waals surface area contributed by atoms with Gasteiger partial charge in [-0.05, 0) is 36.6 Å². The Morgan fingerprint density at radius 2 is 1.85 bits per heavy atom. The molecule has 0 radical (unpaired) electrons. The molecule has 0 N–H and O–H groups in total. The average Bonchev–Trinajstić information content (AvgIpc) is 2.72. The summed E-state index contributed by atoms with van der Waals surface area (Å²) < 4.78 is 10.8. The highest BCUT2D eigenvalue weighted by Crippen LogP contribution is 2.32. The van der Waals surface area contributed by atoms with Crippen LogP contribution in [0.5, 0.6) is 11.5 Å². The van der Waals surface area contributed by atoms with Crippen molar-refractivity contribution in [1.29, 1.82) is 0 Å². The lowest BCUT2D eigenvalue weighted by molar-refractivity contribution is 0.330. The minimum atomic E-state index is 0.244. The van der Waals surface area contributed by atoms with Gasteiger partial charge in [0.2, 0.25) is 0 Å². The minimum absolute atomic E-state index is 0.244. The second-order valence-electron chi connectivity index (χ2n) is 6.27. The van der Waals surface area contributed by atoms with E-state index < -0.39 is 0 Å². The number of hydrogen-bond donors (Lipinski definition) is 0. The van der Waals surface area contributed by atoms with Crippen LogP contribution in [0.15, 0.2) is 53.5 Å². The first kappa shape index (κ1) is 18.6. The van der Waals surface area contributed by atoms with Crippen molar-refractivity contribution in [2.45, 2.75) is 25.9 Å². The molecule has 0 aromatic heterocycles. The van der Waals surface area contributed by atoms with Gasteiger partial charge < -0.3 is 14.4 Å². The Balaban J connectivity index is 1.90. The highest BCUT2D eigenvalue weighted by atomic mass is 32.2. The van der Waals surface area contributed by atoms with E-state index in [-0.39, 0.29) is 6.04 Å². The van der Waals surface area contributed by atoms with Gasteiger partial charge in [0, 0.05) is 18.8 Å². The zero-order chi connectivity index (χ0) is 18.4. The molecule has 5 heteroatoms. The third-order valence-electron chi connectivity index (χ3n) is 4.58. The van der Waals surface area contributed by atoms with E-state index in [1.54, 1.807) is 14.2 Å². The van der Waals surface area contributed by atoms with Gasteiger partial charge in [-0.1, -0.05) is 48.2 Å². The fourth-order valence-corrected chi connectivity index (χ4v) is 4.11. The molecular weight excluding hydrogens is 344 g/mol. The molecule has 1 atom stereocenters. The molecule has 0 amide bonds. The summed E-state index contributed by atoms with van der Waals surface area (Å²) in [6, 6.07) is 17.0. The van der Waals surface area contributed by atoms with E-state index in [9.17, 15) is 0 Å². The maximum absolute atomic E-state index is 5.47. The summed E-state index contributed by atoms with van der Waals surface area (Å²) in [5, 5.41) is 1.13. The number of hydrogen-bond acceptors (Lipinski definition) is 5. The van der Waals surface area contributed by atoms with Crippen LogP contribution in [0.1, 0.15) is 30.5 Å². The predicted octanol–water partition coefficient (Wildman–Crippen LogP) is 4.76. The third kappa shape index (κ3) is 4.33. The van der Waals surface area contributed by atoms with Gasteiger partial charge >= 0.3 is 0 Å². The Labute approximate surface area is 160 Å². The quantitative estimate of drug-likeness (QED) is 0.734. The van der Waals surface area contributed by atoms with Crippen molar-refractivity contribution in [3.05, 3.63) is 59.7 Å². The van der Waals surface area contributed by atoms with E-state index in [1.165, 1.54) is 11.1 Å². The molecule has 3 rings (SSSR count). The van der Waals surface area contributed by atoms with Gasteiger partial charge in [-0.3, -0.25) is 4.99 Å². The van der Waals surface area contributed by atoms with E-state index in [1.807, 2.05) is 17.8 Å². The summed E-state index contributed by atoms with van der Waals surface area (Å²) in [7, 11) is 3.34. The number of amidine groups is 1. The molecule has 4 nitrogen and oxygen atoms in total. The zero-order valence-electron chi connectivity index (χ0n) is 15.6. The Kier molecular flexibility index (Phi) is 6.45. The van der Waals surface area contributed by atoms with E-state index in [0.29, 0.717) is 0 Å². The standard InChI is InChI=1S/C21H26N2O2S/c1-16(18-8-5-4-6-9-18)23(21-22-12-7-13-26-21)15-17-10-11-19(24-2)20(14-17)25-3/h4-6,8-11,14,16H,7,12-13,15H2,1-3H3. The first-order chi connectivity index (χ1) is 12.7. The highest BCUT2D eigenvalue weighted by molar-refractivity contribution is 8.13. The van der Waals surface area contributed by atoms with Gasteiger partial charge in [-0.25, -0.2) is 0 Å². The summed E-state index contributed by atoms with van der Waals surface area (Å²) >= 11 is 1.85. The molecule has 2 aromatic carbocycles. The van der Waals surface area contributed by atoms with Crippen LogP contribution >= 0.6 is 11.8 Å². The fourth-order valence-electron chi connectivity index (χ4n) is 3.08. The molecule has 0 saturated heterocycles. The molecule has 1 unspecified atom stereocenters. The third-order valence-corrected chi connectivity index (χ3v) is 5.69. The molecule has 26 heavy (non-hydrogen) atoms. The lowest BCUT2D eigenvalue weighted by atomic mass is 10.1. The van der Waals surface area contributed by atoms with Crippen molar-refractivity contribution in [3.63, 3.8) is 0 Å². The summed E-state index contributed by atoms with van der Waals surface area (Å²) in [4.78, 5) is 7.19. The van der Waals surface area contributed by atoms with Crippen molar-refractivity contribution in [2.75, 3.05) is 26.5 Å². The van der Waals surface area contributed by atoms with Crippen molar-refractivity contribution in [2.24, 2.45) is 4.99 Å². The van der Waals surface area contributed by atoms with Crippen LogP contribution < -0.4 is 9.47 Å². The van der Waals surface area contributed by atoms with Crippen LogP contribution in [0.4, 0.5) is 0 Å². The zero-order valence-corrected chi connectivity index (χ0v) is 16.5. The lowest BCUT2D eigenvalue weighted by Gasteiger charge is -2.33. The summed E-state index contributed by atoms with van der Waals surface area (Å²) in [5.41, 5.74) is 2.47. The highest BCUT2D eigenvalue weighted by Gasteiger charge is 2.22. The summed E-state index contributed by atoms with van der Waals surface area (Å²) in [5.74, 6) is 2.64. The predicted molar refractivity (Wildman–Crippen MR) is 109 cm³/mol. The first-order valence-corrected chi connectivity index (χ1v) is 9.91. The van der Waals surface area contributed by atoms with Gasteiger partial charge in [0.25, 0.3) is 0 Å². The van der Waals surface area contributed by atoms with Crippen LogP contribution in [-0.2, 0) is 6.54 Å². The molecule has 138 valence electrons. The largest absolute Gasteiger partial charge is 0.493 e. The SMILES string of the molecule is COc1ccc(CN(C2=NCCCS2)C(C)c2ccccc2)cc1OC. The molecule has 0 spiro atoms. The maximum Gasteiger partial charge on any atom is 0.161 e. The second-order valence-corrected chi connectivity index (χ2v) is 7.33. The van der Waals surface area contributed by atoms with Gasteiger partial charge in [0.15, 0.2) is 16.7 Å². The second kappa shape index (κ2) is 8.99. The fraction of sp³-hybridized carbons (Fsp3) is 0.381. The average molecular weight is 371 g/mol. The Hall–Kier alpha value is -2.14. The maximum atomic E-state index is 5.47. The topological polar surface area (TPSA) is 34.1 Å². The first-order valence-electron chi connectivity index (χ1n) is 8.92. The van der Waals surface area contributed by atoms with Crippen molar-refractivity contribution < 1.29 is 9.47 Å². The smallest absolute Gasteiger partial charge is 0.161 e. The molecule has 1 aliphatic rings. The Morgan fingerprint density at radius 1 is 1.08 bits per heavy atom. The number of nitrogens with zero attached hydrogens (tertiary/aromatic N) is 2. The van der Waals surface area contributed by atoms with Gasteiger partial charge in [0.1, 0.15) is 0 Å². The van der Waals surface area contributed by atoms with Gasteiger partial charge in [0.05, 0.1) is 20.3 Å². The van der Waals surface area contributed by atoms with Crippen molar-refractivity contribution in [3.8, 4) is 11.5 Å². The summed E-state index contributed by atoms with van der Waals surface area (Å²) in [6.45, 7) is 3.93.